The molecule has 24 heavy (non-hydrogen) atoms. The van der Waals surface area contributed by atoms with Gasteiger partial charge in [0.05, 0.1) is 5.92 Å². The van der Waals surface area contributed by atoms with Gasteiger partial charge in [-0.15, -0.1) is 0 Å². The zero-order valence-electron chi connectivity index (χ0n) is 14.0. The van der Waals surface area contributed by atoms with E-state index in [1.54, 1.807) is 17.3 Å². The Morgan fingerprint density at radius 2 is 2.17 bits per heavy atom. The molecule has 1 aromatic heterocycles. The minimum Gasteiger partial charge on any atom is -0.326 e. The van der Waals surface area contributed by atoms with Crippen LogP contribution in [0.5, 0.6) is 0 Å². The Kier molecular flexibility index (Phi) is 4.60. The first-order chi connectivity index (χ1) is 11.6. The van der Waals surface area contributed by atoms with Crippen molar-refractivity contribution in [3.63, 3.8) is 0 Å². The second-order valence-electron chi connectivity index (χ2n) is 5.98. The van der Waals surface area contributed by atoms with Gasteiger partial charge in [-0.25, -0.2) is 0 Å². The van der Waals surface area contributed by atoms with Crippen LogP contribution in [0.4, 0.5) is 11.4 Å². The van der Waals surface area contributed by atoms with Gasteiger partial charge in [0, 0.05) is 36.7 Å². The molecule has 1 aliphatic rings. The van der Waals surface area contributed by atoms with Gasteiger partial charge in [0.2, 0.25) is 11.8 Å². The number of benzene rings is 1. The number of carbonyl (C=O) groups excluding carboxylic acids is 2. The number of pyridine rings is 1. The van der Waals surface area contributed by atoms with E-state index in [-0.39, 0.29) is 17.7 Å². The van der Waals surface area contributed by atoms with Gasteiger partial charge in [-0.1, -0.05) is 6.07 Å². The van der Waals surface area contributed by atoms with E-state index in [1.165, 1.54) is 0 Å². The molecule has 0 bridgehead atoms. The molecule has 0 unspecified atom stereocenters. The molecule has 2 heterocycles. The molecule has 3 rings (SSSR count). The lowest BCUT2D eigenvalue weighted by Crippen LogP contribution is -2.34. The standard InChI is InChI=1S/C19H21N3O2/c1-3-22-17-8-7-16(11-14(17)6-9-18(22)23)21-19(24)13(2)15-5-4-10-20-12-15/h4-5,7-8,10-13H,3,6,9H2,1-2H3,(H,21,24)/t13-/m1/s1. The number of aromatic nitrogens is 1. The third-order valence-electron chi connectivity index (χ3n) is 4.44. The van der Waals surface area contributed by atoms with Crippen molar-refractivity contribution in [2.45, 2.75) is 32.6 Å². The maximum absolute atomic E-state index is 12.5. The third-order valence-corrected chi connectivity index (χ3v) is 4.44. The number of rotatable bonds is 4. The predicted molar refractivity (Wildman–Crippen MR) is 94.1 cm³/mol. The van der Waals surface area contributed by atoms with Crippen LogP contribution in [0.25, 0.3) is 0 Å². The molecule has 1 aliphatic heterocycles. The van der Waals surface area contributed by atoms with Crippen LogP contribution < -0.4 is 10.2 Å². The highest BCUT2D eigenvalue weighted by Crippen LogP contribution is 2.30. The summed E-state index contributed by atoms with van der Waals surface area (Å²) in [6, 6.07) is 9.47. The normalized spacial score (nSPS) is 14.9. The molecular formula is C19H21N3O2. The summed E-state index contributed by atoms with van der Waals surface area (Å²) in [7, 11) is 0. The van der Waals surface area contributed by atoms with E-state index in [4.69, 9.17) is 0 Å². The van der Waals surface area contributed by atoms with Crippen molar-refractivity contribution in [1.29, 1.82) is 0 Å². The number of amides is 2. The first kappa shape index (κ1) is 16.2. The van der Waals surface area contributed by atoms with Gasteiger partial charge in [0.15, 0.2) is 0 Å². The van der Waals surface area contributed by atoms with Gasteiger partial charge in [-0.2, -0.15) is 0 Å². The molecule has 0 saturated heterocycles. The quantitative estimate of drug-likeness (QED) is 0.940. The van der Waals surface area contributed by atoms with Crippen molar-refractivity contribution >= 4 is 23.2 Å². The van der Waals surface area contributed by atoms with Gasteiger partial charge < -0.3 is 10.2 Å². The molecule has 124 valence electrons. The number of nitrogens with zero attached hydrogens (tertiary/aromatic N) is 2. The summed E-state index contributed by atoms with van der Waals surface area (Å²) in [4.78, 5) is 30.3. The molecule has 0 saturated carbocycles. The first-order valence-corrected chi connectivity index (χ1v) is 8.24. The molecule has 0 radical (unpaired) electrons. The zero-order chi connectivity index (χ0) is 17.1. The Balaban J connectivity index is 1.77. The fourth-order valence-corrected chi connectivity index (χ4v) is 3.02. The van der Waals surface area contributed by atoms with Crippen molar-refractivity contribution in [3.05, 3.63) is 53.9 Å². The molecule has 0 fully saturated rings. The lowest BCUT2D eigenvalue weighted by atomic mass is 9.99. The Labute approximate surface area is 141 Å². The van der Waals surface area contributed by atoms with E-state index in [2.05, 4.69) is 10.3 Å². The molecule has 5 heteroatoms. The molecular weight excluding hydrogens is 302 g/mol. The highest BCUT2D eigenvalue weighted by molar-refractivity contribution is 5.98. The van der Waals surface area contributed by atoms with Crippen LogP contribution >= 0.6 is 0 Å². The smallest absolute Gasteiger partial charge is 0.231 e. The van der Waals surface area contributed by atoms with Crippen LogP contribution in [-0.2, 0) is 16.0 Å². The molecule has 0 aliphatic carbocycles. The summed E-state index contributed by atoms with van der Waals surface area (Å²) in [5, 5.41) is 2.96. The minimum atomic E-state index is -0.275. The van der Waals surface area contributed by atoms with Gasteiger partial charge in [-0.3, -0.25) is 14.6 Å². The summed E-state index contributed by atoms with van der Waals surface area (Å²) in [6.07, 6.45) is 4.64. The van der Waals surface area contributed by atoms with Crippen molar-refractivity contribution in [2.24, 2.45) is 0 Å². The van der Waals surface area contributed by atoms with Gasteiger partial charge in [0.1, 0.15) is 0 Å². The van der Waals surface area contributed by atoms with E-state index in [9.17, 15) is 9.59 Å². The second kappa shape index (κ2) is 6.83. The molecule has 1 aromatic carbocycles. The number of fused-ring (bicyclic) bond motifs is 1. The Bertz CT molecular complexity index is 758. The average Bonchev–Trinajstić information content (AvgIpc) is 2.62. The van der Waals surface area contributed by atoms with E-state index in [0.29, 0.717) is 19.4 Å². The fraction of sp³-hybridized carbons (Fsp3) is 0.316. The number of hydrogen-bond donors (Lipinski definition) is 1. The largest absolute Gasteiger partial charge is 0.326 e. The maximum Gasteiger partial charge on any atom is 0.231 e. The van der Waals surface area contributed by atoms with Crippen LogP contribution in [0.1, 0.15) is 37.3 Å². The van der Waals surface area contributed by atoms with Crippen molar-refractivity contribution in [1.82, 2.24) is 4.98 Å². The highest BCUT2D eigenvalue weighted by atomic mass is 16.2. The molecule has 2 aromatic rings. The summed E-state index contributed by atoms with van der Waals surface area (Å²) >= 11 is 0. The molecule has 1 N–H and O–H groups in total. The van der Waals surface area contributed by atoms with Crippen LogP contribution in [0.2, 0.25) is 0 Å². The van der Waals surface area contributed by atoms with Gasteiger partial charge >= 0.3 is 0 Å². The van der Waals surface area contributed by atoms with Crippen LogP contribution in [0.3, 0.4) is 0 Å². The van der Waals surface area contributed by atoms with Gasteiger partial charge in [-0.05, 0) is 55.7 Å². The molecule has 5 nitrogen and oxygen atoms in total. The number of nitrogens with one attached hydrogen (secondary N) is 1. The van der Waals surface area contributed by atoms with E-state index in [1.807, 2.05) is 44.2 Å². The first-order valence-electron chi connectivity index (χ1n) is 8.24. The summed E-state index contributed by atoms with van der Waals surface area (Å²) in [6.45, 7) is 4.50. The molecule has 2 amide bonds. The zero-order valence-corrected chi connectivity index (χ0v) is 14.0. The van der Waals surface area contributed by atoms with Crippen LogP contribution in [0.15, 0.2) is 42.7 Å². The minimum absolute atomic E-state index is 0.0674. The topological polar surface area (TPSA) is 62.3 Å². The van der Waals surface area contributed by atoms with Crippen molar-refractivity contribution in [2.75, 3.05) is 16.8 Å². The monoisotopic (exact) mass is 323 g/mol. The van der Waals surface area contributed by atoms with E-state index < -0.39 is 0 Å². The summed E-state index contributed by atoms with van der Waals surface area (Å²) in [5.74, 6) is -0.183. The average molecular weight is 323 g/mol. The Hall–Kier alpha value is -2.69. The fourth-order valence-electron chi connectivity index (χ4n) is 3.02. The number of hydrogen-bond acceptors (Lipinski definition) is 3. The highest BCUT2D eigenvalue weighted by Gasteiger charge is 2.23. The maximum atomic E-state index is 12.5. The number of anilines is 2. The molecule has 1 atom stereocenters. The van der Waals surface area contributed by atoms with E-state index in [0.717, 1.165) is 22.5 Å². The molecule has 0 spiro atoms. The Morgan fingerprint density at radius 1 is 1.33 bits per heavy atom. The van der Waals surface area contributed by atoms with Crippen molar-refractivity contribution < 1.29 is 9.59 Å². The van der Waals surface area contributed by atoms with Crippen LogP contribution in [0, 0.1) is 0 Å². The summed E-state index contributed by atoms with van der Waals surface area (Å²) in [5.41, 5.74) is 3.70. The van der Waals surface area contributed by atoms with E-state index >= 15 is 0 Å². The number of carbonyl (C=O) groups is 2. The van der Waals surface area contributed by atoms with Crippen molar-refractivity contribution in [3.8, 4) is 0 Å². The second-order valence-corrected chi connectivity index (χ2v) is 5.98. The van der Waals surface area contributed by atoms with Crippen LogP contribution in [-0.4, -0.2) is 23.3 Å². The lowest BCUT2D eigenvalue weighted by molar-refractivity contribution is -0.119. The number of aryl methyl sites for hydroxylation is 1. The predicted octanol–water partition coefficient (Wildman–Crippen LogP) is 3.12. The van der Waals surface area contributed by atoms with Gasteiger partial charge in [0.25, 0.3) is 0 Å². The SMILES string of the molecule is CCN1C(=O)CCc2cc(NC(=O)[C@H](C)c3cccnc3)ccc21. The third kappa shape index (κ3) is 3.15. The lowest BCUT2D eigenvalue weighted by Gasteiger charge is -2.28. The summed E-state index contributed by atoms with van der Waals surface area (Å²) < 4.78 is 0. The Morgan fingerprint density at radius 3 is 2.88 bits per heavy atom.